The lowest BCUT2D eigenvalue weighted by Gasteiger charge is -2.19. The second-order valence-electron chi connectivity index (χ2n) is 3.87. The Balaban J connectivity index is 4.32. The number of carbonyl (C=O) groups excluding carboxylic acids is 2. The van der Waals surface area contributed by atoms with Crippen molar-refractivity contribution in [2.45, 2.75) is 45.6 Å². The van der Waals surface area contributed by atoms with Gasteiger partial charge in [0.1, 0.15) is 12.7 Å². The van der Waals surface area contributed by atoms with Crippen LogP contribution in [-0.4, -0.2) is 30.6 Å². The minimum atomic E-state index is -3.51. The summed E-state index contributed by atoms with van der Waals surface area (Å²) in [5, 5.41) is 0. The summed E-state index contributed by atoms with van der Waals surface area (Å²) in [6.45, 7) is 7.39. The van der Waals surface area contributed by atoms with Crippen molar-refractivity contribution < 1.29 is 27.8 Å². The molecule has 0 aliphatic rings. The SMILES string of the molecule is C=C(C)C(=O)OCC(CC)OC(=O)C(F)(F)CC. The van der Waals surface area contributed by atoms with Gasteiger partial charge in [-0.2, -0.15) is 8.78 Å². The first-order chi connectivity index (χ1) is 8.24. The van der Waals surface area contributed by atoms with Crippen LogP contribution in [-0.2, 0) is 19.1 Å². The fourth-order valence-corrected chi connectivity index (χ4v) is 0.909. The molecular weight excluding hydrogens is 246 g/mol. The number of alkyl halides is 2. The van der Waals surface area contributed by atoms with Gasteiger partial charge in [-0.05, 0) is 13.3 Å². The number of ether oxygens (including phenoxy) is 2. The Morgan fingerprint density at radius 3 is 2.28 bits per heavy atom. The van der Waals surface area contributed by atoms with Gasteiger partial charge in [-0.25, -0.2) is 9.59 Å². The molecule has 0 radical (unpaired) electrons. The fourth-order valence-electron chi connectivity index (χ4n) is 0.909. The topological polar surface area (TPSA) is 52.6 Å². The lowest BCUT2D eigenvalue weighted by atomic mass is 10.2. The Morgan fingerprint density at radius 1 is 1.33 bits per heavy atom. The molecule has 0 aliphatic carbocycles. The van der Waals surface area contributed by atoms with E-state index in [1.54, 1.807) is 6.92 Å². The Morgan fingerprint density at radius 2 is 1.89 bits per heavy atom. The van der Waals surface area contributed by atoms with Crippen LogP contribution in [0.4, 0.5) is 8.78 Å². The van der Waals surface area contributed by atoms with Crippen molar-refractivity contribution in [1.82, 2.24) is 0 Å². The van der Waals surface area contributed by atoms with Gasteiger partial charge in [-0.15, -0.1) is 0 Å². The van der Waals surface area contributed by atoms with Crippen LogP contribution in [0.1, 0.15) is 33.6 Å². The number of halogens is 2. The van der Waals surface area contributed by atoms with Crippen molar-refractivity contribution in [1.29, 1.82) is 0 Å². The smallest absolute Gasteiger partial charge is 0.377 e. The quantitative estimate of drug-likeness (QED) is 0.523. The van der Waals surface area contributed by atoms with E-state index < -0.39 is 30.4 Å². The normalized spacial score (nSPS) is 12.7. The number of hydrogen-bond donors (Lipinski definition) is 0. The molecule has 4 nitrogen and oxygen atoms in total. The summed E-state index contributed by atoms with van der Waals surface area (Å²) in [4.78, 5) is 22.2. The van der Waals surface area contributed by atoms with Crippen LogP contribution in [0.25, 0.3) is 0 Å². The molecule has 1 unspecified atom stereocenters. The van der Waals surface area contributed by atoms with Crippen molar-refractivity contribution in [2.24, 2.45) is 0 Å². The molecule has 0 spiro atoms. The summed E-state index contributed by atoms with van der Waals surface area (Å²) < 4.78 is 35.3. The predicted octanol–water partition coefficient (Wildman–Crippen LogP) is 2.47. The van der Waals surface area contributed by atoms with Crippen LogP contribution in [0.2, 0.25) is 0 Å². The van der Waals surface area contributed by atoms with Crippen LogP contribution < -0.4 is 0 Å². The first kappa shape index (κ1) is 16.5. The molecule has 0 aliphatic heterocycles. The van der Waals surface area contributed by atoms with Crippen LogP contribution >= 0.6 is 0 Å². The highest BCUT2D eigenvalue weighted by molar-refractivity contribution is 5.86. The molecule has 1 atom stereocenters. The summed E-state index contributed by atoms with van der Waals surface area (Å²) in [7, 11) is 0. The van der Waals surface area contributed by atoms with Gasteiger partial charge >= 0.3 is 17.9 Å². The Hall–Kier alpha value is -1.46. The number of rotatable bonds is 7. The lowest BCUT2D eigenvalue weighted by molar-refractivity contribution is -0.181. The highest BCUT2D eigenvalue weighted by Gasteiger charge is 2.39. The first-order valence-corrected chi connectivity index (χ1v) is 5.66. The number of carbonyl (C=O) groups is 2. The molecule has 6 heteroatoms. The van der Waals surface area contributed by atoms with Crippen molar-refractivity contribution >= 4 is 11.9 Å². The molecule has 0 N–H and O–H groups in total. The van der Waals surface area contributed by atoms with Crippen molar-refractivity contribution in [3.05, 3.63) is 12.2 Å². The number of hydrogen-bond acceptors (Lipinski definition) is 4. The van der Waals surface area contributed by atoms with Crippen LogP contribution in [0.15, 0.2) is 12.2 Å². The zero-order valence-electron chi connectivity index (χ0n) is 10.8. The molecule has 104 valence electrons. The summed E-state index contributed by atoms with van der Waals surface area (Å²) in [6.07, 6.45) is -1.23. The molecule has 0 rings (SSSR count). The van der Waals surface area contributed by atoms with Gasteiger partial charge in [0.2, 0.25) is 0 Å². The minimum Gasteiger partial charge on any atom is -0.458 e. The minimum absolute atomic E-state index is 0.190. The predicted molar refractivity (Wildman–Crippen MR) is 61.2 cm³/mol. The monoisotopic (exact) mass is 264 g/mol. The molecule has 0 heterocycles. The molecular formula is C12H18F2O4. The highest BCUT2D eigenvalue weighted by atomic mass is 19.3. The Labute approximate surface area is 105 Å². The second kappa shape index (κ2) is 7.08. The van der Waals surface area contributed by atoms with Gasteiger partial charge in [0.25, 0.3) is 0 Å². The van der Waals surface area contributed by atoms with Crippen LogP contribution in [0.3, 0.4) is 0 Å². The van der Waals surface area contributed by atoms with Gasteiger partial charge in [0.15, 0.2) is 0 Å². The molecule has 0 aromatic carbocycles. The third-order valence-electron chi connectivity index (χ3n) is 2.22. The summed E-state index contributed by atoms with van der Waals surface area (Å²) in [6, 6.07) is 0. The van der Waals surface area contributed by atoms with E-state index in [0.29, 0.717) is 0 Å². The molecule has 18 heavy (non-hydrogen) atoms. The van der Waals surface area contributed by atoms with E-state index in [-0.39, 0.29) is 18.6 Å². The standard InChI is InChI=1S/C12H18F2O4/c1-5-9(7-17-10(15)8(3)4)18-11(16)12(13,14)6-2/h9H,3,5-7H2,1-2,4H3. The lowest BCUT2D eigenvalue weighted by Crippen LogP contribution is -2.35. The maximum atomic E-state index is 13.0. The third kappa shape index (κ3) is 5.25. The Kier molecular flexibility index (Phi) is 6.51. The van der Waals surface area contributed by atoms with Gasteiger partial charge < -0.3 is 9.47 Å². The number of esters is 2. The fraction of sp³-hybridized carbons (Fsp3) is 0.667. The van der Waals surface area contributed by atoms with Crippen molar-refractivity contribution in [2.75, 3.05) is 6.61 Å². The molecule has 0 bridgehead atoms. The maximum absolute atomic E-state index is 13.0. The van der Waals surface area contributed by atoms with Gasteiger partial charge in [0.05, 0.1) is 0 Å². The van der Waals surface area contributed by atoms with E-state index in [1.807, 2.05) is 0 Å². The largest absolute Gasteiger partial charge is 0.458 e. The van der Waals surface area contributed by atoms with Crippen molar-refractivity contribution in [3.63, 3.8) is 0 Å². The van der Waals surface area contributed by atoms with Crippen molar-refractivity contribution in [3.8, 4) is 0 Å². The molecule has 0 amide bonds. The molecule has 0 aromatic rings. The molecule has 0 saturated carbocycles. The van der Waals surface area contributed by atoms with E-state index >= 15 is 0 Å². The van der Waals surface area contributed by atoms with E-state index in [9.17, 15) is 18.4 Å². The molecule has 0 aromatic heterocycles. The zero-order chi connectivity index (χ0) is 14.3. The maximum Gasteiger partial charge on any atom is 0.377 e. The first-order valence-electron chi connectivity index (χ1n) is 5.66. The van der Waals surface area contributed by atoms with Gasteiger partial charge in [0, 0.05) is 12.0 Å². The average Bonchev–Trinajstić information content (AvgIpc) is 2.33. The van der Waals surface area contributed by atoms with E-state index in [4.69, 9.17) is 4.74 Å². The van der Waals surface area contributed by atoms with Crippen LogP contribution in [0.5, 0.6) is 0 Å². The molecule has 0 fully saturated rings. The third-order valence-corrected chi connectivity index (χ3v) is 2.22. The zero-order valence-corrected chi connectivity index (χ0v) is 10.8. The summed E-state index contributed by atoms with van der Waals surface area (Å²) in [5.41, 5.74) is 0.190. The van der Waals surface area contributed by atoms with Gasteiger partial charge in [-0.1, -0.05) is 20.4 Å². The highest BCUT2D eigenvalue weighted by Crippen LogP contribution is 2.20. The second-order valence-corrected chi connectivity index (χ2v) is 3.87. The Bertz CT molecular complexity index is 326. The van der Waals surface area contributed by atoms with E-state index in [1.165, 1.54) is 13.8 Å². The average molecular weight is 264 g/mol. The van der Waals surface area contributed by atoms with E-state index in [2.05, 4.69) is 11.3 Å². The van der Waals surface area contributed by atoms with Crippen LogP contribution in [0, 0.1) is 0 Å². The van der Waals surface area contributed by atoms with Gasteiger partial charge in [-0.3, -0.25) is 0 Å². The van der Waals surface area contributed by atoms with E-state index in [0.717, 1.165) is 0 Å². The summed E-state index contributed by atoms with van der Waals surface area (Å²) >= 11 is 0. The summed E-state index contributed by atoms with van der Waals surface area (Å²) in [5.74, 6) is -5.75. The molecule has 0 saturated heterocycles.